The van der Waals surface area contributed by atoms with Crippen molar-refractivity contribution in [1.82, 2.24) is 10.2 Å². The van der Waals surface area contributed by atoms with Crippen molar-refractivity contribution in [2.45, 2.75) is 152 Å². The summed E-state index contributed by atoms with van der Waals surface area (Å²) in [6.45, 7) is 17.1. The summed E-state index contributed by atoms with van der Waals surface area (Å²) in [4.78, 5) is 0. The minimum absolute atomic E-state index is 0.641. The van der Waals surface area contributed by atoms with Gasteiger partial charge in [0.15, 0.2) is 0 Å². The number of unbranched alkanes of at least 4 members (excludes halogenated alkanes) is 11. The van der Waals surface area contributed by atoms with Crippen LogP contribution in [0.5, 0.6) is 0 Å². The van der Waals surface area contributed by atoms with Gasteiger partial charge in [0.2, 0.25) is 11.8 Å². The molecule has 0 aliphatic carbocycles. The molecule has 1 aromatic heterocycles. The van der Waals surface area contributed by atoms with E-state index in [1.165, 1.54) is 89.9 Å². The van der Waals surface area contributed by atoms with Crippen LogP contribution in [0.25, 0.3) is 0 Å². The Morgan fingerprint density at radius 2 is 0.857 bits per heavy atom. The summed E-state index contributed by atoms with van der Waals surface area (Å²) in [6.07, 6.45) is 20.4. The summed E-state index contributed by atoms with van der Waals surface area (Å²) >= 11 is 0. The van der Waals surface area contributed by atoms with Crippen LogP contribution in [0.4, 0.5) is 0 Å². The van der Waals surface area contributed by atoms with Crippen LogP contribution < -0.4 is 0 Å². The zero-order chi connectivity index (χ0) is 21.9. The van der Waals surface area contributed by atoms with Crippen LogP contribution in [0.1, 0.15) is 150 Å². The molecule has 1 rings (SSSR count). The minimum Gasteiger partial charge on any atom is -0.426 e. The molecule has 0 aliphatic heterocycles. The van der Waals surface area contributed by atoms with Crippen LogP contribution >= 0.6 is 0 Å². The van der Waals surface area contributed by atoms with E-state index in [1.807, 2.05) is 6.92 Å². The number of hydrogen-bond acceptors (Lipinski definition) is 3. The van der Waals surface area contributed by atoms with E-state index in [4.69, 9.17) is 4.42 Å². The molecule has 1 heterocycles. The molecule has 3 heteroatoms. The Morgan fingerprint density at radius 3 is 1.04 bits per heavy atom. The Labute approximate surface area is 178 Å². The maximum absolute atomic E-state index is 5.01. The maximum Gasteiger partial charge on any atom is 0.216 e. The lowest BCUT2D eigenvalue weighted by Gasteiger charge is -1.97. The predicted octanol–water partition coefficient (Wildman–Crippen LogP) is 9.48. The Balaban J connectivity index is -0.000000312. The summed E-state index contributed by atoms with van der Waals surface area (Å²) < 4.78 is 5.01. The fraction of sp³-hybridized carbons (Fsp3) is 0.920. The first-order valence-corrected chi connectivity index (χ1v) is 12.4. The minimum atomic E-state index is 0.641. The van der Waals surface area contributed by atoms with E-state index in [9.17, 15) is 0 Å². The van der Waals surface area contributed by atoms with E-state index in [1.54, 1.807) is 6.92 Å². The molecule has 0 bridgehead atoms. The third kappa shape index (κ3) is 32.8. The average molecular weight is 399 g/mol. The topological polar surface area (TPSA) is 38.9 Å². The lowest BCUT2D eigenvalue weighted by Crippen LogP contribution is -1.77. The molecule has 0 saturated heterocycles. The molecule has 0 amide bonds. The molecule has 28 heavy (non-hydrogen) atoms. The Hall–Kier alpha value is -0.860. The van der Waals surface area contributed by atoms with Gasteiger partial charge in [0.1, 0.15) is 0 Å². The van der Waals surface area contributed by atoms with E-state index in [0.29, 0.717) is 11.8 Å². The van der Waals surface area contributed by atoms with Crippen molar-refractivity contribution in [2.75, 3.05) is 0 Å². The van der Waals surface area contributed by atoms with E-state index in [2.05, 4.69) is 51.7 Å². The quantitative estimate of drug-likeness (QED) is 0.329. The van der Waals surface area contributed by atoms with E-state index < -0.39 is 0 Å². The van der Waals surface area contributed by atoms with Gasteiger partial charge in [-0.15, -0.1) is 10.2 Å². The van der Waals surface area contributed by atoms with Gasteiger partial charge in [-0.3, -0.25) is 0 Å². The average Bonchev–Trinajstić information content (AvgIpc) is 3.13. The molecule has 3 nitrogen and oxygen atoms in total. The molecular weight excluding hydrogens is 344 g/mol. The van der Waals surface area contributed by atoms with Gasteiger partial charge in [-0.05, 0) is 0 Å². The Kier molecular flexibility index (Phi) is 35.1. The third-order valence-corrected chi connectivity index (χ3v) is 4.24. The third-order valence-electron chi connectivity index (χ3n) is 4.24. The highest BCUT2D eigenvalue weighted by atomic mass is 16.4. The van der Waals surface area contributed by atoms with Crippen molar-refractivity contribution in [3.8, 4) is 0 Å². The molecule has 0 N–H and O–H groups in total. The van der Waals surface area contributed by atoms with E-state index >= 15 is 0 Å². The second-order valence-corrected chi connectivity index (χ2v) is 7.40. The predicted molar refractivity (Wildman–Crippen MR) is 127 cm³/mol. The summed E-state index contributed by atoms with van der Waals surface area (Å²) in [6, 6.07) is 0. The summed E-state index contributed by atoms with van der Waals surface area (Å²) in [7, 11) is 0. The Bertz CT molecular complexity index is 332. The first kappa shape index (κ1) is 31.8. The highest BCUT2D eigenvalue weighted by Gasteiger charge is 1.95. The highest BCUT2D eigenvalue weighted by Crippen LogP contribution is 2.07. The summed E-state index contributed by atoms with van der Waals surface area (Å²) in [5.74, 6) is 1.35. The van der Waals surface area contributed by atoms with Crippen LogP contribution in [-0.4, -0.2) is 10.2 Å². The second kappa shape index (κ2) is 30.9. The van der Waals surface area contributed by atoms with Crippen molar-refractivity contribution in [1.29, 1.82) is 0 Å². The molecule has 0 atom stereocenters. The SMILES string of the molecule is CCCCC.CCCCC.CCCCCCCCCC.CCc1nnc(C)o1. The molecule has 1 aromatic rings. The number of aryl methyl sites for hydroxylation is 2. The molecule has 0 radical (unpaired) electrons. The van der Waals surface area contributed by atoms with E-state index in [0.717, 1.165) is 6.42 Å². The molecule has 0 fully saturated rings. The van der Waals surface area contributed by atoms with Crippen molar-refractivity contribution in [3.05, 3.63) is 11.8 Å². The van der Waals surface area contributed by atoms with Crippen molar-refractivity contribution in [2.24, 2.45) is 0 Å². The molecule has 0 aromatic carbocycles. The van der Waals surface area contributed by atoms with Crippen LogP contribution in [0.3, 0.4) is 0 Å². The normalized spacial score (nSPS) is 9.43. The highest BCUT2D eigenvalue weighted by molar-refractivity contribution is 4.76. The standard InChI is InChI=1S/C10H22.C5H8N2O.2C5H12/c1-3-5-7-9-10-8-6-4-2;1-3-5-7-6-4(2)8-5;2*1-3-5-4-2/h3-10H2,1-2H3;3H2,1-2H3;2*3-5H2,1-2H3. The lowest BCUT2D eigenvalue weighted by molar-refractivity contribution is 0.473. The van der Waals surface area contributed by atoms with Crippen LogP contribution in [0.15, 0.2) is 4.42 Å². The van der Waals surface area contributed by atoms with Crippen LogP contribution in [0, 0.1) is 6.92 Å². The lowest BCUT2D eigenvalue weighted by atomic mass is 10.1. The molecule has 0 spiro atoms. The van der Waals surface area contributed by atoms with Crippen molar-refractivity contribution in [3.63, 3.8) is 0 Å². The van der Waals surface area contributed by atoms with Gasteiger partial charge in [0.05, 0.1) is 0 Å². The van der Waals surface area contributed by atoms with Gasteiger partial charge >= 0.3 is 0 Å². The molecule has 0 saturated carbocycles. The van der Waals surface area contributed by atoms with Crippen molar-refractivity contribution >= 4 is 0 Å². The second-order valence-electron chi connectivity index (χ2n) is 7.40. The van der Waals surface area contributed by atoms with Gasteiger partial charge in [0, 0.05) is 13.3 Å². The van der Waals surface area contributed by atoms with Gasteiger partial charge in [-0.2, -0.15) is 0 Å². The Morgan fingerprint density at radius 1 is 0.500 bits per heavy atom. The number of nitrogens with zero attached hydrogens (tertiary/aromatic N) is 2. The van der Waals surface area contributed by atoms with Gasteiger partial charge in [-0.25, -0.2) is 0 Å². The number of hydrogen-bond donors (Lipinski definition) is 0. The number of rotatable bonds is 12. The fourth-order valence-corrected chi connectivity index (χ4v) is 2.39. The summed E-state index contributed by atoms with van der Waals surface area (Å²) in [5.41, 5.74) is 0. The summed E-state index contributed by atoms with van der Waals surface area (Å²) in [5, 5.41) is 7.39. The fourth-order valence-electron chi connectivity index (χ4n) is 2.39. The van der Waals surface area contributed by atoms with Crippen molar-refractivity contribution < 1.29 is 4.42 Å². The van der Waals surface area contributed by atoms with Gasteiger partial charge in [-0.1, -0.05) is 138 Å². The molecule has 170 valence electrons. The first-order chi connectivity index (χ1) is 13.6. The maximum atomic E-state index is 5.01. The zero-order valence-corrected chi connectivity index (χ0v) is 20.9. The molecule has 0 unspecified atom stereocenters. The van der Waals surface area contributed by atoms with E-state index in [-0.39, 0.29) is 0 Å². The first-order valence-electron chi connectivity index (χ1n) is 12.4. The largest absolute Gasteiger partial charge is 0.426 e. The zero-order valence-electron chi connectivity index (χ0n) is 20.9. The molecule has 0 aliphatic rings. The van der Waals surface area contributed by atoms with Gasteiger partial charge < -0.3 is 4.42 Å². The molecular formula is C25H54N2O. The smallest absolute Gasteiger partial charge is 0.216 e. The van der Waals surface area contributed by atoms with Crippen LogP contribution in [-0.2, 0) is 6.42 Å². The van der Waals surface area contributed by atoms with Crippen LogP contribution in [0.2, 0.25) is 0 Å². The monoisotopic (exact) mass is 398 g/mol. The number of aromatic nitrogens is 2. The van der Waals surface area contributed by atoms with Gasteiger partial charge in [0.25, 0.3) is 0 Å².